The van der Waals surface area contributed by atoms with Crippen molar-refractivity contribution in [3.8, 4) is 11.1 Å². The van der Waals surface area contributed by atoms with Crippen LogP contribution >= 0.6 is 11.3 Å². The predicted molar refractivity (Wildman–Crippen MR) is 113 cm³/mol. The topological polar surface area (TPSA) is 87.7 Å². The van der Waals surface area contributed by atoms with Crippen molar-refractivity contribution >= 4 is 34.1 Å². The maximum atomic E-state index is 12.7. The molecule has 0 aliphatic carbocycles. The van der Waals surface area contributed by atoms with Gasteiger partial charge in [-0.1, -0.05) is 29.8 Å². The molecule has 7 nitrogen and oxygen atoms in total. The summed E-state index contributed by atoms with van der Waals surface area (Å²) in [4.78, 5) is 39.5. The number of anilines is 1. The summed E-state index contributed by atoms with van der Waals surface area (Å²) in [6, 6.07) is 7.90. The molecule has 1 saturated heterocycles. The van der Waals surface area contributed by atoms with Crippen LogP contribution < -0.4 is 10.6 Å². The molecule has 0 radical (unpaired) electrons. The monoisotopic (exact) mass is 415 g/mol. The van der Waals surface area contributed by atoms with Gasteiger partial charge in [0.1, 0.15) is 10.6 Å². The third-order valence-electron chi connectivity index (χ3n) is 4.64. The second-order valence-electron chi connectivity index (χ2n) is 6.93. The third-order valence-corrected chi connectivity index (χ3v) is 5.66. The van der Waals surface area contributed by atoms with Crippen molar-refractivity contribution in [1.82, 2.24) is 10.2 Å². The molecule has 2 N–H and O–H groups in total. The first-order valence-corrected chi connectivity index (χ1v) is 10.4. The fourth-order valence-corrected chi connectivity index (χ4v) is 4.37. The summed E-state index contributed by atoms with van der Waals surface area (Å²) in [6.45, 7) is 7.34. The summed E-state index contributed by atoms with van der Waals surface area (Å²) in [5.74, 6) is -0.813. The Balaban J connectivity index is 1.88. The predicted octanol–water partition coefficient (Wildman–Crippen LogP) is 2.58. The highest BCUT2D eigenvalue weighted by Crippen LogP contribution is 2.40. The van der Waals surface area contributed by atoms with Crippen molar-refractivity contribution in [2.75, 3.05) is 38.1 Å². The van der Waals surface area contributed by atoms with Crippen LogP contribution in [0.25, 0.3) is 11.1 Å². The maximum Gasteiger partial charge on any atom is 0.341 e. The molecule has 154 valence electrons. The van der Waals surface area contributed by atoms with Crippen LogP contribution in [-0.4, -0.2) is 55.5 Å². The van der Waals surface area contributed by atoms with E-state index < -0.39 is 5.97 Å². The van der Waals surface area contributed by atoms with Gasteiger partial charge in [-0.05, 0) is 26.3 Å². The second kappa shape index (κ2) is 9.19. The maximum absolute atomic E-state index is 12.7. The Kier molecular flexibility index (Phi) is 6.66. The molecule has 2 heterocycles. The first kappa shape index (κ1) is 21.0. The number of carbonyl (C=O) groups excluding carboxylic acids is 3. The number of nitrogens with one attached hydrogen (secondary N) is 2. The Labute approximate surface area is 174 Å². The van der Waals surface area contributed by atoms with Crippen molar-refractivity contribution in [3.05, 3.63) is 40.3 Å². The molecule has 0 bridgehead atoms. The number of hydrogen-bond acceptors (Lipinski definition) is 6. The van der Waals surface area contributed by atoms with Crippen LogP contribution in [0.3, 0.4) is 0 Å². The number of thiophene rings is 1. The van der Waals surface area contributed by atoms with E-state index in [0.717, 1.165) is 21.6 Å². The van der Waals surface area contributed by atoms with Crippen LogP contribution in [-0.2, 0) is 14.3 Å². The Morgan fingerprint density at radius 3 is 2.62 bits per heavy atom. The van der Waals surface area contributed by atoms with Crippen LogP contribution in [0.15, 0.2) is 24.3 Å². The summed E-state index contributed by atoms with van der Waals surface area (Å²) < 4.78 is 5.27. The summed E-state index contributed by atoms with van der Waals surface area (Å²) >= 11 is 1.35. The molecule has 8 heteroatoms. The lowest BCUT2D eigenvalue weighted by Crippen LogP contribution is -2.49. The van der Waals surface area contributed by atoms with E-state index in [1.807, 2.05) is 38.1 Å². The van der Waals surface area contributed by atoms with Crippen molar-refractivity contribution in [3.63, 3.8) is 0 Å². The van der Waals surface area contributed by atoms with Crippen LogP contribution in [0, 0.1) is 13.8 Å². The van der Waals surface area contributed by atoms with E-state index in [1.54, 1.807) is 11.8 Å². The lowest BCUT2D eigenvalue weighted by molar-refractivity contribution is -0.125. The van der Waals surface area contributed by atoms with Gasteiger partial charge >= 0.3 is 5.97 Å². The van der Waals surface area contributed by atoms with E-state index in [9.17, 15) is 14.4 Å². The van der Waals surface area contributed by atoms with E-state index in [4.69, 9.17) is 4.74 Å². The Hall–Kier alpha value is -2.71. The number of amides is 2. The van der Waals surface area contributed by atoms with E-state index in [2.05, 4.69) is 10.6 Å². The summed E-state index contributed by atoms with van der Waals surface area (Å²) in [6.07, 6.45) is 0. The zero-order valence-electron chi connectivity index (χ0n) is 16.8. The standard InChI is InChI=1S/C21H25N3O4S/c1-4-28-21(27)19-18(15-7-5-13(2)6-8-15)14(3)29-20(19)23-17(26)12-24-10-9-22-16(25)11-24/h5-8H,4,9-12H2,1-3H3,(H,22,25)(H,23,26). The minimum atomic E-state index is -0.458. The molecular formula is C21H25N3O4S. The fourth-order valence-electron chi connectivity index (χ4n) is 3.29. The highest BCUT2D eigenvalue weighted by molar-refractivity contribution is 7.17. The molecule has 1 aromatic heterocycles. The molecular weight excluding hydrogens is 390 g/mol. The molecule has 0 atom stereocenters. The number of ether oxygens (including phenoxy) is 1. The smallest absolute Gasteiger partial charge is 0.341 e. The zero-order valence-corrected chi connectivity index (χ0v) is 17.6. The van der Waals surface area contributed by atoms with Crippen LogP contribution in [0.5, 0.6) is 0 Å². The molecule has 2 aromatic rings. The average Bonchev–Trinajstić information content (AvgIpc) is 2.98. The SMILES string of the molecule is CCOC(=O)c1c(NC(=O)CN2CCNC(=O)C2)sc(C)c1-c1ccc(C)cc1. The van der Waals surface area contributed by atoms with Crippen molar-refractivity contribution in [2.45, 2.75) is 20.8 Å². The van der Waals surface area contributed by atoms with E-state index in [-0.39, 0.29) is 31.5 Å². The van der Waals surface area contributed by atoms with Crippen molar-refractivity contribution in [1.29, 1.82) is 0 Å². The van der Waals surface area contributed by atoms with E-state index in [1.165, 1.54) is 11.3 Å². The minimum Gasteiger partial charge on any atom is -0.462 e. The molecule has 3 rings (SSSR count). The van der Waals surface area contributed by atoms with E-state index >= 15 is 0 Å². The Morgan fingerprint density at radius 1 is 1.24 bits per heavy atom. The summed E-state index contributed by atoms with van der Waals surface area (Å²) in [5, 5.41) is 6.07. The van der Waals surface area contributed by atoms with Gasteiger partial charge in [0.2, 0.25) is 11.8 Å². The van der Waals surface area contributed by atoms with Gasteiger partial charge in [0.05, 0.1) is 19.7 Å². The molecule has 1 aromatic carbocycles. The Morgan fingerprint density at radius 2 is 1.97 bits per heavy atom. The first-order chi connectivity index (χ1) is 13.9. The fraction of sp³-hybridized carbons (Fsp3) is 0.381. The quantitative estimate of drug-likeness (QED) is 0.708. The summed E-state index contributed by atoms with van der Waals surface area (Å²) in [7, 11) is 0. The van der Waals surface area contributed by atoms with Crippen molar-refractivity contribution < 1.29 is 19.1 Å². The number of carbonyl (C=O) groups is 3. The van der Waals surface area contributed by atoms with Gasteiger partial charge in [-0.25, -0.2) is 4.79 Å². The first-order valence-electron chi connectivity index (χ1n) is 9.55. The van der Waals surface area contributed by atoms with Crippen LogP contribution in [0.1, 0.15) is 27.7 Å². The minimum absolute atomic E-state index is 0.0898. The van der Waals surface area contributed by atoms with Gasteiger partial charge in [0.15, 0.2) is 0 Å². The van der Waals surface area contributed by atoms with Gasteiger partial charge in [-0.2, -0.15) is 0 Å². The molecule has 0 saturated carbocycles. The average molecular weight is 416 g/mol. The highest BCUT2D eigenvalue weighted by atomic mass is 32.1. The second-order valence-corrected chi connectivity index (χ2v) is 8.16. The molecule has 1 aliphatic rings. The normalized spacial score (nSPS) is 14.4. The van der Waals surface area contributed by atoms with Gasteiger partial charge < -0.3 is 15.4 Å². The highest BCUT2D eigenvalue weighted by Gasteiger charge is 2.26. The van der Waals surface area contributed by atoms with Gasteiger partial charge in [0.25, 0.3) is 0 Å². The number of piperazine rings is 1. The molecule has 1 aliphatic heterocycles. The number of aryl methyl sites for hydroxylation is 2. The molecule has 2 amide bonds. The summed E-state index contributed by atoms with van der Waals surface area (Å²) in [5.41, 5.74) is 3.18. The lowest BCUT2D eigenvalue weighted by Gasteiger charge is -2.25. The number of hydrogen-bond donors (Lipinski definition) is 2. The van der Waals surface area contributed by atoms with Gasteiger partial charge in [-0.3, -0.25) is 14.5 Å². The lowest BCUT2D eigenvalue weighted by atomic mass is 10.0. The molecule has 29 heavy (non-hydrogen) atoms. The molecule has 0 unspecified atom stereocenters. The van der Waals surface area contributed by atoms with Crippen LogP contribution in [0.4, 0.5) is 5.00 Å². The third kappa shape index (κ3) is 5.02. The van der Waals surface area contributed by atoms with E-state index in [0.29, 0.717) is 23.7 Å². The zero-order chi connectivity index (χ0) is 21.0. The van der Waals surface area contributed by atoms with Crippen molar-refractivity contribution in [2.24, 2.45) is 0 Å². The number of nitrogens with zero attached hydrogens (tertiary/aromatic N) is 1. The Bertz CT molecular complexity index is 921. The largest absolute Gasteiger partial charge is 0.462 e. The van der Waals surface area contributed by atoms with Gasteiger partial charge in [-0.15, -0.1) is 11.3 Å². The van der Waals surface area contributed by atoms with Crippen LogP contribution in [0.2, 0.25) is 0 Å². The number of rotatable bonds is 6. The number of esters is 1. The van der Waals surface area contributed by atoms with Gasteiger partial charge in [0, 0.05) is 23.5 Å². The number of benzene rings is 1. The molecule has 1 fully saturated rings. The molecule has 0 spiro atoms.